The summed E-state index contributed by atoms with van der Waals surface area (Å²) >= 11 is 0. The van der Waals surface area contributed by atoms with E-state index in [-0.39, 0.29) is 0 Å². The lowest BCUT2D eigenvalue weighted by Crippen LogP contribution is -2.16. The van der Waals surface area contributed by atoms with Crippen LogP contribution in [-0.2, 0) is 0 Å². The van der Waals surface area contributed by atoms with E-state index in [0.29, 0.717) is 25.7 Å². The van der Waals surface area contributed by atoms with E-state index in [9.17, 15) is 0 Å². The lowest BCUT2D eigenvalue weighted by molar-refractivity contribution is 0.171. The summed E-state index contributed by atoms with van der Waals surface area (Å²) in [6, 6.07) is 14.8. The van der Waals surface area contributed by atoms with Crippen LogP contribution in [-0.4, -0.2) is 19.8 Å². The third kappa shape index (κ3) is 3.03. The Kier molecular flexibility index (Phi) is 4.11. The van der Waals surface area contributed by atoms with Crippen molar-refractivity contribution < 1.29 is 9.47 Å². The fraction of sp³-hybridized carbons (Fsp3) is 0.333. The maximum atomic E-state index is 5.82. The van der Waals surface area contributed by atoms with E-state index in [1.165, 1.54) is 16.7 Å². The van der Waals surface area contributed by atoms with E-state index in [4.69, 9.17) is 15.2 Å². The first-order valence-electron chi connectivity index (χ1n) is 7.44. The highest BCUT2D eigenvalue weighted by molar-refractivity contribution is 5.47. The fourth-order valence-corrected chi connectivity index (χ4v) is 2.86. The first kappa shape index (κ1) is 14.0. The molecule has 2 aromatic rings. The molecule has 3 heteroatoms. The zero-order chi connectivity index (χ0) is 14.7. The van der Waals surface area contributed by atoms with E-state index in [1.807, 2.05) is 6.07 Å². The largest absolute Gasteiger partial charge is 0.486 e. The molecule has 0 amide bonds. The van der Waals surface area contributed by atoms with Crippen LogP contribution in [0.1, 0.15) is 29.0 Å². The Morgan fingerprint density at radius 2 is 1.76 bits per heavy atom. The number of nitrogens with two attached hydrogens (primary N) is 1. The molecule has 21 heavy (non-hydrogen) atoms. The minimum Gasteiger partial charge on any atom is -0.486 e. The number of fused-ring (bicyclic) bond motifs is 1. The van der Waals surface area contributed by atoms with Gasteiger partial charge in [0, 0.05) is 5.92 Å². The number of ether oxygens (including phenoxy) is 2. The number of rotatable bonds is 4. The zero-order valence-electron chi connectivity index (χ0n) is 12.3. The van der Waals surface area contributed by atoms with Crippen LogP contribution in [0.4, 0.5) is 0 Å². The molecule has 0 aromatic heterocycles. The molecule has 0 saturated heterocycles. The zero-order valence-corrected chi connectivity index (χ0v) is 12.3. The summed E-state index contributed by atoms with van der Waals surface area (Å²) in [6.07, 6.45) is 0.920. The average molecular weight is 283 g/mol. The Bertz CT molecular complexity index is 624. The van der Waals surface area contributed by atoms with Gasteiger partial charge in [-0.05, 0) is 43.1 Å². The van der Waals surface area contributed by atoms with Crippen LogP contribution in [0.25, 0.3) is 0 Å². The van der Waals surface area contributed by atoms with Crippen LogP contribution in [0.3, 0.4) is 0 Å². The molecule has 1 aliphatic rings. The highest BCUT2D eigenvalue weighted by atomic mass is 16.6. The number of hydrogen-bond acceptors (Lipinski definition) is 3. The van der Waals surface area contributed by atoms with E-state index in [0.717, 1.165) is 17.9 Å². The van der Waals surface area contributed by atoms with E-state index >= 15 is 0 Å². The van der Waals surface area contributed by atoms with Crippen molar-refractivity contribution in [2.75, 3.05) is 19.8 Å². The van der Waals surface area contributed by atoms with Crippen LogP contribution in [0.2, 0.25) is 0 Å². The van der Waals surface area contributed by atoms with Gasteiger partial charge >= 0.3 is 0 Å². The molecule has 0 fully saturated rings. The van der Waals surface area contributed by atoms with Crippen molar-refractivity contribution in [2.24, 2.45) is 5.73 Å². The van der Waals surface area contributed by atoms with Gasteiger partial charge in [0.05, 0.1) is 0 Å². The quantitative estimate of drug-likeness (QED) is 0.936. The van der Waals surface area contributed by atoms with Crippen LogP contribution >= 0.6 is 0 Å². The fourth-order valence-electron chi connectivity index (χ4n) is 2.86. The molecule has 0 bridgehead atoms. The summed E-state index contributed by atoms with van der Waals surface area (Å²) in [5, 5.41) is 0. The minimum absolute atomic E-state index is 0.297. The van der Waals surface area contributed by atoms with Gasteiger partial charge in [0.2, 0.25) is 0 Å². The Morgan fingerprint density at radius 1 is 1.00 bits per heavy atom. The normalized spacial score (nSPS) is 14.8. The maximum absolute atomic E-state index is 5.82. The lowest BCUT2D eigenvalue weighted by atomic mass is 9.87. The van der Waals surface area contributed by atoms with Gasteiger partial charge in [-0.1, -0.05) is 35.9 Å². The van der Waals surface area contributed by atoms with Gasteiger partial charge in [-0.3, -0.25) is 0 Å². The van der Waals surface area contributed by atoms with Crippen LogP contribution in [0.5, 0.6) is 11.5 Å². The van der Waals surface area contributed by atoms with Gasteiger partial charge in [-0.15, -0.1) is 0 Å². The molecule has 2 N–H and O–H groups in total. The van der Waals surface area contributed by atoms with Crippen molar-refractivity contribution in [2.45, 2.75) is 19.3 Å². The van der Waals surface area contributed by atoms with Gasteiger partial charge in [0.1, 0.15) is 13.2 Å². The van der Waals surface area contributed by atoms with Crippen LogP contribution in [0, 0.1) is 6.92 Å². The summed E-state index contributed by atoms with van der Waals surface area (Å²) in [6.45, 7) is 4.01. The topological polar surface area (TPSA) is 44.5 Å². The Morgan fingerprint density at radius 3 is 2.52 bits per heavy atom. The molecular formula is C18H21NO2. The highest BCUT2D eigenvalue weighted by Gasteiger charge is 2.18. The van der Waals surface area contributed by atoms with Crippen LogP contribution in [0.15, 0.2) is 42.5 Å². The van der Waals surface area contributed by atoms with Crippen molar-refractivity contribution in [3.63, 3.8) is 0 Å². The van der Waals surface area contributed by atoms with Crippen molar-refractivity contribution >= 4 is 0 Å². The number of aryl methyl sites for hydroxylation is 1. The maximum Gasteiger partial charge on any atom is 0.161 e. The molecule has 0 spiro atoms. The second-order valence-corrected chi connectivity index (χ2v) is 5.45. The molecule has 1 unspecified atom stereocenters. The molecule has 0 aliphatic carbocycles. The molecule has 0 saturated carbocycles. The second kappa shape index (κ2) is 6.19. The number of hydrogen-bond donors (Lipinski definition) is 1. The SMILES string of the molecule is Cc1cccc(C(CCN)c2ccc3c(c2)OCCO3)c1. The molecule has 110 valence electrons. The molecule has 1 atom stereocenters. The summed E-state index contributed by atoms with van der Waals surface area (Å²) in [5.41, 5.74) is 9.63. The predicted molar refractivity (Wildman–Crippen MR) is 84.1 cm³/mol. The average Bonchev–Trinajstić information content (AvgIpc) is 2.52. The monoisotopic (exact) mass is 283 g/mol. The third-order valence-electron chi connectivity index (χ3n) is 3.87. The molecule has 0 radical (unpaired) electrons. The van der Waals surface area contributed by atoms with Crippen molar-refractivity contribution in [3.05, 3.63) is 59.2 Å². The van der Waals surface area contributed by atoms with Crippen molar-refractivity contribution in [3.8, 4) is 11.5 Å². The Balaban J connectivity index is 1.97. The third-order valence-corrected chi connectivity index (χ3v) is 3.87. The van der Waals surface area contributed by atoms with Gasteiger partial charge in [0.15, 0.2) is 11.5 Å². The van der Waals surface area contributed by atoms with Gasteiger partial charge < -0.3 is 15.2 Å². The first-order chi connectivity index (χ1) is 10.3. The first-order valence-corrected chi connectivity index (χ1v) is 7.44. The second-order valence-electron chi connectivity index (χ2n) is 5.45. The predicted octanol–water partition coefficient (Wildman–Crippen LogP) is 3.25. The smallest absolute Gasteiger partial charge is 0.161 e. The van der Waals surface area contributed by atoms with Crippen molar-refractivity contribution in [1.29, 1.82) is 0 Å². The molecule has 2 aromatic carbocycles. The molecule has 3 rings (SSSR count). The molecule has 1 heterocycles. The summed E-state index contributed by atoms with van der Waals surface area (Å²) in [5.74, 6) is 1.97. The van der Waals surface area contributed by atoms with E-state index < -0.39 is 0 Å². The molecule has 3 nitrogen and oxygen atoms in total. The van der Waals surface area contributed by atoms with Gasteiger partial charge in [0.25, 0.3) is 0 Å². The van der Waals surface area contributed by atoms with Gasteiger partial charge in [-0.25, -0.2) is 0 Å². The van der Waals surface area contributed by atoms with Crippen molar-refractivity contribution in [1.82, 2.24) is 0 Å². The number of benzene rings is 2. The van der Waals surface area contributed by atoms with Gasteiger partial charge in [-0.2, -0.15) is 0 Å². The summed E-state index contributed by atoms with van der Waals surface area (Å²) in [4.78, 5) is 0. The summed E-state index contributed by atoms with van der Waals surface area (Å²) < 4.78 is 11.3. The van der Waals surface area contributed by atoms with E-state index in [1.54, 1.807) is 0 Å². The highest BCUT2D eigenvalue weighted by Crippen LogP contribution is 2.36. The van der Waals surface area contributed by atoms with Crippen LogP contribution < -0.4 is 15.2 Å². The summed E-state index contributed by atoms with van der Waals surface area (Å²) in [7, 11) is 0. The van der Waals surface area contributed by atoms with E-state index in [2.05, 4.69) is 43.3 Å². The molecule has 1 aliphatic heterocycles. The minimum atomic E-state index is 0.297. The molecular weight excluding hydrogens is 262 g/mol. The Hall–Kier alpha value is -2.00. The Labute approximate surface area is 125 Å². The standard InChI is InChI=1S/C18H21NO2/c1-13-3-2-4-14(11-13)16(7-8-19)15-5-6-17-18(12-15)21-10-9-20-17/h2-6,11-12,16H,7-10,19H2,1H3. The lowest BCUT2D eigenvalue weighted by Gasteiger charge is -2.22.